The molecule has 28 heavy (non-hydrogen) atoms. The second-order valence-corrected chi connectivity index (χ2v) is 6.85. The van der Waals surface area contributed by atoms with Crippen LogP contribution in [0.15, 0.2) is 64.2 Å². The number of thioether (sulfide) groups is 1. The molecule has 2 aromatic carbocycles. The Bertz CT molecular complexity index is 926. The zero-order chi connectivity index (χ0) is 19.8. The van der Waals surface area contributed by atoms with Gasteiger partial charge in [-0.3, -0.25) is 4.79 Å². The number of rotatable bonds is 8. The molecular formula is C20H19N3O4S. The van der Waals surface area contributed by atoms with E-state index in [-0.39, 0.29) is 5.91 Å². The summed E-state index contributed by atoms with van der Waals surface area (Å²) in [5.74, 6) is 0.662. The molecule has 7 nitrogen and oxygen atoms in total. The molecule has 0 aliphatic rings. The lowest BCUT2D eigenvalue weighted by Gasteiger charge is -2.05. The molecule has 0 saturated heterocycles. The molecule has 1 amide bonds. The van der Waals surface area contributed by atoms with Crippen molar-refractivity contribution in [2.75, 3.05) is 18.2 Å². The summed E-state index contributed by atoms with van der Waals surface area (Å²) < 4.78 is 10.3. The average molecular weight is 397 g/mol. The van der Waals surface area contributed by atoms with Gasteiger partial charge in [0.15, 0.2) is 0 Å². The third kappa shape index (κ3) is 5.43. The van der Waals surface area contributed by atoms with Crippen molar-refractivity contribution in [3.8, 4) is 11.5 Å². The monoisotopic (exact) mass is 397 g/mol. The van der Waals surface area contributed by atoms with Crippen LogP contribution in [0.5, 0.6) is 0 Å². The van der Waals surface area contributed by atoms with Crippen molar-refractivity contribution in [3.05, 3.63) is 60.2 Å². The van der Waals surface area contributed by atoms with Crippen molar-refractivity contribution in [1.29, 1.82) is 0 Å². The Balaban J connectivity index is 1.40. The van der Waals surface area contributed by atoms with Gasteiger partial charge >= 0.3 is 5.97 Å². The van der Waals surface area contributed by atoms with Crippen LogP contribution >= 0.6 is 11.8 Å². The van der Waals surface area contributed by atoms with E-state index in [9.17, 15) is 9.59 Å². The second kappa shape index (κ2) is 9.70. The molecule has 0 bridgehead atoms. The minimum absolute atomic E-state index is 0.0954. The molecule has 8 heteroatoms. The standard InChI is InChI=1S/C20H19N3O4S/c1-26-19(25)15-9-11-16(12-10-15)21-17(24)8-5-13-28-20-23-22-18(27-20)14-6-3-2-4-7-14/h2-4,6-7,9-12H,5,8,13H2,1H3,(H,21,24). The van der Waals surface area contributed by atoms with E-state index in [0.29, 0.717) is 41.0 Å². The Hall–Kier alpha value is -3.13. The van der Waals surface area contributed by atoms with Gasteiger partial charge in [0.05, 0.1) is 12.7 Å². The van der Waals surface area contributed by atoms with Crippen molar-refractivity contribution in [2.45, 2.75) is 18.1 Å². The molecule has 0 saturated carbocycles. The highest BCUT2D eigenvalue weighted by Gasteiger charge is 2.10. The molecule has 0 radical (unpaired) electrons. The maximum absolute atomic E-state index is 12.0. The van der Waals surface area contributed by atoms with Crippen LogP contribution in [0.3, 0.4) is 0 Å². The Kier molecular flexibility index (Phi) is 6.80. The van der Waals surface area contributed by atoms with Gasteiger partial charge in [-0.05, 0) is 42.8 Å². The number of nitrogens with one attached hydrogen (secondary N) is 1. The van der Waals surface area contributed by atoms with Crippen molar-refractivity contribution >= 4 is 29.3 Å². The highest BCUT2D eigenvalue weighted by atomic mass is 32.2. The normalized spacial score (nSPS) is 10.5. The van der Waals surface area contributed by atoms with E-state index >= 15 is 0 Å². The predicted octanol–water partition coefficient (Wildman–Crippen LogP) is 4.03. The lowest BCUT2D eigenvalue weighted by atomic mass is 10.2. The first kappa shape index (κ1) is 19.6. The number of hydrogen-bond donors (Lipinski definition) is 1. The van der Waals surface area contributed by atoms with Crippen molar-refractivity contribution in [2.24, 2.45) is 0 Å². The number of anilines is 1. The van der Waals surface area contributed by atoms with E-state index in [1.54, 1.807) is 24.3 Å². The number of amides is 1. The summed E-state index contributed by atoms with van der Waals surface area (Å²) >= 11 is 1.42. The molecule has 3 rings (SSSR count). The predicted molar refractivity (Wildman–Crippen MR) is 106 cm³/mol. The first-order valence-corrected chi connectivity index (χ1v) is 9.64. The van der Waals surface area contributed by atoms with Crippen LogP contribution in [-0.4, -0.2) is 34.9 Å². The smallest absolute Gasteiger partial charge is 0.337 e. The van der Waals surface area contributed by atoms with Gasteiger partial charge in [0.2, 0.25) is 11.8 Å². The highest BCUT2D eigenvalue weighted by molar-refractivity contribution is 7.99. The Labute approximate surface area is 166 Å². The summed E-state index contributed by atoms with van der Waals surface area (Å²) in [6.45, 7) is 0. The van der Waals surface area contributed by atoms with Crippen LogP contribution in [0.4, 0.5) is 5.69 Å². The topological polar surface area (TPSA) is 94.3 Å². The molecule has 1 aromatic heterocycles. The maximum Gasteiger partial charge on any atom is 0.337 e. The third-order valence-corrected chi connectivity index (χ3v) is 4.70. The van der Waals surface area contributed by atoms with Gasteiger partial charge < -0.3 is 14.5 Å². The van der Waals surface area contributed by atoms with Gasteiger partial charge in [-0.25, -0.2) is 4.79 Å². The van der Waals surface area contributed by atoms with Crippen molar-refractivity contribution in [3.63, 3.8) is 0 Å². The summed E-state index contributed by atoms with van der Waals surface area (Å²) in [5, 5.41) is 11.3. The number of hydrogen-bond acceptors (Lipinski definition) is 7. The molecule has 0 aliphatic heterocycles. The van der Waals surface area contributed by atoms with E-state index in [1.807, 2.05) is 30.3 Å². The van der Waals surface area contributed by atoms with Crippen LogP contribution < -0.4 is 5.32 Å². The molecule has 1 heterocycles. The van der Waals surface area contributed by atoms with Gasteiger partial charge in [-0.1, -0.05) is 30.0 Å². The first-order valence-electron chi connectivity index (χ1n) is 8.65. The van der Waals surface area contributed by atoms with E-state index < -0.39 is 5.97 Å². The minimum atomic E-state index is -0.411. The van der Waals surface area contributed by atoms with Crippen LogP contribution in [0.2, 0.25) is 0 Å². The highest BCUT2D eigenvalue weighted by Crippen LogP contribution is 2.23. The Morgan fingerprint density at radius 1 is 1.07 bits per heavy atom. The minimum Gasteiger partial charge on any atom is -0.465 e. The van der Waals surface area contributed by atoms with E-state index in [2.05, 4.69) is 20.3 Å². The molecule has 0 atom stereocenters. The number of benzene rings is 2. The van der Waals surface area contributed by atoms with Gasteiger partial charge in [0.25, 0.3) is 5.22 Å². The molecule has 3 aromatic rings. The van der Waals surface area contributed by atoms with Crippen molar-refractivity contribution < 1.29 is 18.7 Å². The fourth-order valence-electron chi connectivity index (χ4n) is 2.39. The molecule has 0 spiro atoms. The SMILES string of the molecule is COC(=O)c1ccc(NC(=O)CCCSc2nnc(-c3ccccc3)o2)cc1. The lowest BCUT2D eigenvalue weighted by molar-refractivity contribution is -0.116. The van der Waals surface area contributed by atoms with Crippen LogP contribution in [-0.2, 0) is 9.53 Å². The van der Waals surface area contributed by atoms with Crippen molar-refractivity contribution in [1.82, 2.24) is 10.2 Å². The number of nitrogens with zero attached hydrogens (tertiary/aromatic N) is 2. The van der Waals surface area contributed by atoms with Gasteiger partial charge in [-0.2, -0.15) is 0 Å². The van der Waals surface area contributed by atoms with E-state index in [1.165, 1.54) is 18.9 Å². The number of carbonyl (C=O) groups is 2. The largest absolute Gasteiger partial charge is 0.465 e. The molecule has 0 unspecified atom stereocenters. The summed E-state index contributed by atoms with van der Waals surface area (Å²) in [6, 6.07) is 16.1. The average Bonchev–Trinajstić information content (AvgIpc) is 3.21. The number of carbonyl (C=O) groups excluding carboxylic acids is 2. The van der Waals surface area contributed by atoms with Crippen LogP contribution in [0.1, 0.15) is 23.2 Å². The summed E-state index contributed by atoms with van der Waals surface area (Å²) in [4.78, 5) is 23.4. The first-order chi connectivity index (χ1) is 13.7. The Morgan fingerprint density at radius 3 is 2.54 bits per heavy atom. The lowest BCUT2D eigenvalue weighted by Crippen LogP contribution is -2.11. The van der Waals surface area contributed by atoms with E-state index in [0.717, 1.165) is 5.56 Å². The summed E-state index contributed by atoms with van der Waals surface area (Å²) in [5.41, 5.74) is 1.94. The third-order valence-electron chi connectivity index (χ3n) is 3.79. The fourth-order valence-corrected chi connectivity index (χ4v) is 3.09. The number of methoxy groups -OCH3 is 1. The number of ether oxygens (including phenoxy) is 1. The van der Waals surface area contributed by atoms with Crippen LogP contribution in [0.25, 0.3) is 11.5 Å². The zero-order valence-corrected chi connectivity index (χ0v) is 16.1. The molecule has 0 aliphatic carbocycles. The summed E-state index contributed by atoms with van der Waals surface area (Å²) in [7, 11) is 1.33. The molecular weight excluding hydrogens is 378 g/mol. The number of esters is 1. The summed E-state index contributed by atoms with van der Waals surface area (Å²) in [6.07, 6.45) is 1.03. The molecule has 1 N–H and O–H groups in total. The quantitative estimate of drug-likeness (QED) is 0.348. The number of aromatic nitrogens is 2. The van der Waals surface area contributed by atoms with Gasteiger partial charge in [-0.15, -0.1) is 10.2 Å². The Morgan fingerprint density at radius 2 is 1.82 bits per heavy atom. The molecule has 0 fully saturated rings. The fraction of sp³-hybridized carbons (Fsp3) is 0.200. The van der Waals surface area contributed by atoms with Gasteiger partial charge in [0, 0.05) is 23.4 Å². The molecule has 144 valence electrons. The van der Waals surface area contributed by atoms with Gasteiger partial charge in [0.1, 0.15) is 0 Å². The van der Waals surface area contributed by atoms with Crippen LogP contribution in [0, 0.1) is 0 Å². The maximum atomic E-state index is 12.0. The van der Waals surface area contributed by atoms with E-state index in [4.69, 9.17) is 4.42 Å². The second-order valence-electron chi connectivity index (χ2n) is 5.81. The zero-order valence-electron chi connectivity index (χ0n) is 15.3.